The molecule has 11 rings (SSSR count). The molecule has 0 aliphatic heterocycles. The van der Waals surface area contributed by atoms with Crippen LogP contribution in [0.3, 0.4) is 0 Å². The molecule has 0 amide bonds. The minimum Gasteiger partial charge on any atom is -0.453 e. The summed E-state index contributed by atoms with van der Waals surface area (Å²) in [6.45, 7) is 4.65. The molecule has 0 spiro atoms. The van der Waals surface area contributed by atoms with Crippen LogP contribution in [0.4, 0.5) is 0 Å². The number of para-hydroxylation sites is 3. The maximum atomic E-state index is 7.05. The Hall–Kier alpha value is -6.52. The minimum absolute atomic E-state index is 0.207. The van der Waals surface area contributed by atoms with Crippen LogP contribution in [0.5, 0.6) is 0 Å². The van der Waals surface area contributed by atoms with Gasteiger partial charge in [0.25, 0.3) is 0 Å². The largest absolute Gasteiger partial charge is 0.453 e. The highest BCUT2D eigenvalue weighted by atomic mass is 16.3. The second-order valence-electron chi connectivity index (χ2n) is 14.1. The molecule has 0 atom stereocenters. The van der Waals surface area contributed by atoms with Gasteiger partial charge in [-0.2, -0.15) is 0 Å². The van der Waals surface area contributed by atoms with Gasteiger partial charge in [0.15, 0.2) is 11.4 Å². The van der Waals surface area contributed by atoms with Gasteiger partial charge in [0, 0.05) is 43.6 Å². The van der Waals surface area contributed by atoms with Crippen LogP contribution in [0, 0.1) is 0 Å². The maximum absolute atomic E-state index is 7.05. The minimum atomic E-state index is -0.207. The van der Waals surface area contributed by atoms with Crippen molar-refractivity contribution in [2.45, 2.75) is 19.3 Å². The van der Waals surface area contributed by atoms with Crippen LogP contribution in [0.2, 0.25) is 0 Å². The molecule has 4 heteroatoms. The zero-order valence-electron chi connectivity index (χ0n) is 28.2. The monoisotopic (exact) mass is 653 g/mol. The number of furan rings is 1. The van der Waals surface area contributed by atoms with Crippen LogP contribution in [-0.2, 0) is 5.41 Å². The number of nitrogens with zero attached hydrogens (tertiary/aromatic N) is 3. The SMILES string of the molecule is CC1(C)c2ccccc2-c2ccc3nc(-c4cccc5c4oc4c5ccc5c6ccccc6n(-c6ccccc6)c54)nc(-c4ccccc4)c3c21. The van der Waals surface area contributed by atoms with Crippen LogP contribution in [0.1, 0.15) is 25.0 Å². The van der Waals surface area contributed by atoms with E-state index in [1.54, 1.807) is 0 Å². The first-order valence-corrected chi connectivity index (χ1v) is 17.5. The van der Waals surface area contributed by atoms with Crippen LogP contribution < -0.4 is 0 Å². The lowest BCUT2D eigenvalue weighted by atomic mass is 9.80. The van der Waals surface area contributed by atoms with Gasteiger partial charge in [-0.05, 0) is 58.7 Å². The van der Waals surface area contributed by atoms with Gasteiger partial charge in [0.2, 0.25) is 0 Å². The smallest absolute Gasteiger partial charge is 0.164 e. The van der Waals surface area contributed by atoms with Gasteiger partial charge in [-0.25, -0.2) is 9.97 Å². The van der Waals surface area contributed by atoms with Crippen molar-refractivity contribution in [3.63, 3.8) is 0 Å². The number of hydrogen-bond donors (Lipinski definition) is 0. The lowest BCUT2D eigenvalue weighted by Gasteiger charge is -2.24. The normalized spacial score (nSPS) is 13.5. The van der Waals surface area contributed by atoms with Gasteiger partial charge >= 0.3 is 0 Å². The molecular formula is C47H31N3O. The molecule has 4 nitrogen and oxygen atoms in total. The molecule has 1 aliphatic rings. The number of fused-ring (bicyclic) bond motifs is 12. The summed E-state index contributed by atoms with van der Waals surface area (Å²) >= 11 is 0. The highest BCUT2D eigenvalue weighted by molar-refractivity contribution is 6.22. The first-order chi connectivity index (χ1) is 25.1. The van der Waals surface area contributed by atoms with Crippen LogP contribution >= 0.6 is 0 Å². The van der Waals surface area contributed by atoms with Crippen molar-refractivity contribution in [3.05, 3.63) is 163 Å². The molecule has 0 unspecified atom stereocenters. The molecular weight excluding hydrogens is 623 g/mol. The lowest BCUT2D eigenvalue weighted by molar-refractivity contribution is 0.666. The number of aromatic nitrogens is 3. The molecule has 0 fully saturated rings. The van der Waals surface area contributed by atoms with Gasteiger partial charge < -0.3 is 8.98 Å². The molecule has 0 bridgehead atoms. The molecule has 7 aromatic carbocycles. The first-order valence-electron chi connectivity index (χ1n) is 17.5. The maximum Gasteiger partial charge on any atom is 0.164 e. The third-order valence-electron chi connectivity index (χ3n) is 11.0. The van der Waals surface area contributed by atoms with Crippen molar-refractivity contribution in [1.82, 2.24) is 14.5 Å². The Balaban J connectivity index is 1.22. The summed E-state index contributed by atoms with van der Waals surface area (Å²) in [6, 6.07) is 53.6. The van der Waals surface area contributed by atoms with E-state index >= 15 is 0 Å². The second kappa shape index (κ2) is 10.3. The fraction of sp³-hybridized carbons (Fsp3) is 0.0638. The first kappa shape index (κ1) is 28.3. The highest BCUT2D eigenvalue weighted by Crippen LogP contribution is 2.53. The van der Waals surface area contributed by atoms with Crippen molar-refractivity contribution in [2.75, 3.05) is 0 Å². The molecule has 3 heterocycles. The summed E-state index contributed by atoms with van der Waals surface area (Å²) in [5.74, 6) is 0.652. The predicted octanol–water partition coefficient (Wildman–Crippen LogP) is 12.3. The molecule has 0 saturated heterocycles. The Morgan fingerprint density at radius 2 is 1.22 bits per heavy atom. The van der Waals surface area contributed by atoms with E-state index in [9.17, 15) is 0 Å². The molecule has 0 saturated carbocycles. The zero-order chi connectivity index (χ0) is 33.8. The van der Waals surface area contributed by atoms with E-state index in [2.05, 4.69) is 170 Å². The molecule has 0 radical (unpaired) electrons. The molecule has 51 heavy (non-hydrogen) atoms. The zero-order valence-corrected chi connectivity index (χ0v) is 28.2. The van der Waals surface area contributed by atoms with E-state index in [0.717, 1.165) is 71.8 Å². The van der Waals surface area contributed by atoms with E-state index in [-0.39, 0.29) is 5.41 Å². The third-order valence-corrected chi connectivity index (χ3v) is 11.0. The third kappa shape index (κ3) is 3.85. The quantitative estimate of drug-likeness (QED) is 0.191. The predicted molar refractivity (Wildman–Crippen MR) is 210 cm³/mol. The summed E-state index contributed by atoms with van der Waals surface area (Å²) in [5, 5.41) is 5.58. The van der Waals surface area contributed by atoms with Gasteiger partial charge in [0.05, 0.1) is 27.8 Å². The molecule has 240 valence electrons. The average Bonchev–Trinajstić information content (AvgIpc) is 3.81. The number of benzene rings is 7. The fourth-order valence-electron chi connectivity index (χ4n) is 8.75. The summed E-state index contributed by atoms with van der Waals surface area (Å²) in [7, 11) is 0. The van der Waals surface area contributed by atoms with Crippen molar-refractivity contribution >= 4 is 54.6 Å². The molecule has 10 aromatic rings. The second-order valence-corrected chi connectivity index (χ2v) is 14.1. The Bertz CT molecular complexity index is 3040. The summed E-state index contributed by atoms with van der Waals surface area (Å²) < 4.78 is 9.38. The van der Waals surface area contributed by atoms with Crippen LogP contribution in [0.15, 0.2) is 156 Å². The Morgan fingerprint density at radius 3 is 2.08 bits per heavy atom. The Kier molecular flexibility index (Phi) is 5.70. The highest BCUT2D eigenvalue weighted by Gasteiger charge is 2.38. The topological polar surface area (TPSA) is 43.9 Å². The Labute approximate surface area is 294 Å². The van der Waals surface area contributed by atoms with Gasteiger partial charge in [-0.1, -0.05) is 129 Å². The summed E-state index contributed by atoms with van der Waals surface area (Å²) in [6.07, 6.45) is 0. The Morgan fingerprint density at radius 1 is 0.529 bits per heavy atom. The fourth-order valence-corrected chi connectivity index (χ4v) is 8.75. The van der Waals surface area contributed by atoms with Crippen molar-refractivity contribution in [2.24, 2.45) is 0 Å². The van der Waals surface area contributed by atoms with Crippen LogP contribution in [0.25, 0.3) is 94.1 Å². The number of hydrogen-bond acceptors (Lipinski definition) is 3. The average molecular weight is 654 g/mol. The van der Waals surface area contributed by atoms with Crippen LogP contribution in [-0.4, -0.2) is 14.5 Å². The molecule has 0 N–H and O–H groups in total. The van der Waals surface area contributed by atoms with Crippen molar-refractivity contribution in [3.8, 4) is 39.5 Å². The van der Waals surface area contributed by atoms with E-state index < -0.39 is 0 Å². The van der Waals surface area contributed by atoms with Gasteiger partial charge in [0.1, 0.15) is 5.58 Å². The lowest BCUT2D eigenvalue weighted by Crippen LogP contribution is -2.16. The van der Waals surface area contributed by atoms with Gasteiger partial charge in [-0.3, -0.25) is 0 Å². The van der Waals surface area contributed by atoms with Gasteiger partial charge in [-0.15, -0.1) is 0 Å². The van der Waals surface area contributed by atoms with Crippen molar-refractivity contribution in [1.29, 1.82) is 0 Å². The van der Waals surface area contributed by atoms with E-state index in [1.807, 2.05) is 0 Å². The van der Waals surface area contributed by atoms with E-state index in [1.165, 1.54) is 27.6 Å². The standard InChI is InChI=1S/C47H31N3O/c1-47(2)37-22-11-9-18-30(37)32-26-27-38-40(41(32)47)42(28-14-5-3-6-15-28)49-46(48-38)36-21-13-20-34-35-25-24-33-31-19-10-12-23-39(31)50(29-16-7-4-8-17-29)43(33)45(35)51-44(34)36/h3-27H,1-2H3. The molecule has 3 aromatic heterocycles. The summed E-state index contributed by atoms with van der Waals surface area (Å²) in [4.78, 5) is 10.8. The molecule has 1 aliphatic carbocycles. The van der Waals surface area contributed by atoms with E-state index in [4.69, 9.17) is 14.4 Å². The summed E-state index contributed by atoms with van der Waals surface area (Å²) in [5.41, 5.74) is 13.7. The number of rotatable bonds is 3. The van der Waals surface area contributed by atoms with E-state index in [0.29, 0.717) is 5.82 Å². The van der Waals surface area contributed by atoms with Crippen molar-refractivity contribution < 1.29 is 4.42 Å².